The summed E-state index contributed by atoms with van der Waals surface area (Å²) in [6.45, 7) is 5.78. The zero-order valence-electron chi connectivity index (χ0n) is 48.4. The Morgan fingerprint density at radius 1 is 0.442 bits per heavy atom. The van der Waals surface area contributed by atoms with Crippen LogP contribution in [-0.2, 0) is 42.9 Å². The maximum atomic E-state index is 13.2. The maximum Gasteiger partial charge on any atom is 0.335 e. The van der Waals surface area contributed by atoms with Crippen LogP contribution in [0.5, 0.6) is 0 Å². The summed E-state index contributed by atoms with van der Waals surface area (Å²) in [6, 6.07) is 0. The van der Waals surface area contributed by atoms with Crippen molar-refractivity contribution < 1.29 is 58.2 Å². The van der Waals surface area contributed by atoms with Gasteiger partial charge in [-0.05, 0) is 77.0 Å². The fourth-order valence-corrected chi connectivity index (χ4v) is 8.79. The highest BCUT2D eigenvalue weighted by Gasteiger charge is 2.50. The molecule has 1 heterocycles. The van der Waals surface area contributed by atoms with Gasteiger partial charge in [0.2, 0.25) is 0 Å². The van der Waals surface area contributed by atoms with E-state index < -0.39 is 67.3 Å². The van der Waals surface area contributed by atoms with Crippen LogP contribution in [0.1, 0.15) is 252 Å². The molecule has 3 N–H and O–H groups in total. The van der Waals surface area contributed by atoms with Gasteiger partial charge in [0.05, 0.1) is 6.61 Å². The van der Waals surface area contributed by atoms with Crippen LogP contribution in [0.4, 0.5) is 0 Å². The van der Waals surface area contributed by atoms with Gasteiger partial charge in [0.15, 0.2) is 24.6 Å². The highest BCUT2D eigenvalue weighted by atomic mass is 16.7. The Balaban J connectivity index is 2.72. The number of aliphatic carboxylic acids is 1. The van der Waals surface area contributed by atoms with E-state index in [9.17, 15) is 34.5 Å². The average molecular weight is 1080 g/mol. The topological polar surface area (TPSA) is 175 Å². The van der Waals surface area contributed by atoms with Gasteiger partial charge in [0.25, 0.3) is 0 Å². The highest BCUT2D eigenvalue weighted by molar-refractivity contribution is 5.74. The third-order valence-corrected chi connectivity index (χ3v) is 13.5. The fourth-order valence-electron chi connectivity index (χ4n) is 8.79. The van der Waals surface area contributed by atoms with E-state index in [0.717, 1.165) is 96.3 Å². The lowest BCUT2D eigenvalue weighted by molar-refractivity contribution is -0.301. The maximum absolute atomic E-state index is 13.2. The second-order valence-electron chi connectivity index (χ2n) is 20.6. The van der Waals surface area contributed by atoms with E-state index in [2.05, 4.69) is 93.7 Å². The third kappa shape index (κ3) is 42.5. The first-order valence-electron chi connectivity index (χ1n) is 30.6. The summed E-state index contributed by atoms with van der Waals surface area (Å²) in [5.74, 6) is -3.24. The van der Waals surface area contributed by atoms with Crippen molar-refractivity contribution in [2.75, 3.05) is 13.2 Å². The number of allylic oxidation sites excluding steroid dienone is 14. The SMILES string of the molecule is CC/C=C\C/C=C\C/C=C\C/C=C\C/C=C\C/C=C\CCC(=O)OCC(COC1OC(C(=O)O)C(O)C(O)C1OC(=O)CCCCCCC/C=C\CCCC)OC(=O)CCCCCCCCCCCCCCCCCCC. The van der Waals surface area contributed by atoms with Gasteiger partial charge < -0.3 is 39.0 Å². The van der Waals surface area contributed by atoms with Crippen LogP contribution in [-0.4, -0.2) is 89.2 Å². The molecule has 0 amide bonds. The first-order chi connectivity index (χ1) is 37.6. The van der Waals surface area contributed by atoms with Crippen LogP contribution in [0.25, 0.3) is 0 Å². The largest absolute Gasteiger partial charge is 0.479 e. The number of carbonyl (C=O) groups excluding carboxylic acids is 3. The molecule has 0 aromatic rings. The number of aliphatic hydroxyl groups is 2. The van der Waals surface area contributed by atoms with E-state index in [1.165, 1.54) is 96.3 Å². The molecule has 0 saturated carbocycles. The number of ether oxygens (including phenoxy) is 5. The van der Waals surface area contributed by atoms with Crippen molar-refractivity contribution in [3.63, 3.8) is 0 Å². The number of hydrogen-bond donors (Lipinski definition) is 3. The molecule has 0 aromatic carbocycles. The van der Waals surface area contributed by atoms with Gasteiger partial charge in [-0.3, -0.25) is 14.4 Å². The quantitative estimate of drug-likeness (QED) is 0.0228. The molecule has 1 aliphatic rings. The summed E-state index contributed by atoms with van der Waals surface area (Å²) in [7, 11) is 0. The lowest BCUT2D eigenvalue weighted by Gasteiger charge is -2.40. The van der Waals surface area contributed by atoms with Crippen LogP contribution >= 0.6 is 0 Å². The first kappa shape index (κ1) is 70.9. The Kier molecular flexibility index (Phi) is 48.4. The molecular weight excluding hydrogens is 973 g/mol. The van der Waals surface area contributed by atoms with Gasteiger partial charge in [-0.15, -0.1) is 0 Å². The van der Waals surface area contributed by atoms with Gasteiger partial charge in [-0.2, -0.15) is 0 Å². The molecule has 6 unspecified atom stereocenters. The van der Waals surface area contributed by atoms with Crippen molar-refractivity contribution in [3.8, 4) is 0 Å². The van der Waals surface area contributed by atoms with Crippen molar-refractivity contribution in [2.24, 2.45) is 0 Å². The van der Waals surface area contributed by atoms with Crippen LogP contribution in [0.15, 0.2) is 85.1 Å². The van der Waals surface area contributed by atoms with Gasteiger partial charge >= 0.3 is 23.9 Å². The molecule has 12 nitrogen and oxygen atoms in total. The number of carboxylic acids is 1. The van der Waals surface area contributed by atoms with Crippen molar-refractivity contribution in [2.45, 2.75) is 289 Å². The highest BCUT2D eigenvalue weighted by Crippen LogP contribution is 2.26. The summed E-state index contributed by atoms with van der Waals surface area (Å²) in [4.78, 5) is 51.1. The van der Waals surface area contributed by atoms with Gasteiger partial charge in [0.1, 0.15) is 18.8 Å². The summed E-state index contributed by atoms with van der Waals surface area (Å²) >= 11 is 0. The fraction of sp³-hybridized carbons (Fsp3) is 0.723. The molecule has 0 radical (unpaired) electrons. The number of carbonyl (C=O) groups is 4. The molecule has 0 aromatic heterocycles. The molecule has 1 aliphatic heterocycles. The summed E-state index contributed by atoms with van der Waals surface area (Å²) in [5.41, 5.74) is 0. The second kappa shape index (κ2) is 52.6. The third-order valence-electron chi connectivity index (χ3n) is 13.5. The zero-order valence-corrected chi connectivity index (χ0v) is 48.4. The zero-order chi connectivity index (χ0) is 56.1. The number of aliphatic hydroxyl groups excluding tert-OH is 2. The molecule has 6 atom stereocenters. The number of hydrogen-bond acceptors (Lipinski definition) is 11. The molecule has 0 bridgehead atoms. The van der Waals surface area contributed by atoms with E-state index in [1.807, 2.05) is 12.2 Å². The number of unbranched alkanes of at least 4 members (excludes halogenated alkanes) is 23. The van der Waals surface area contributed by atoms with E-state index in [0.29, 0.717) is 19.3 Å². The predicted molar refractivity (Wildman–Crippen MR) is 312 cm³/mol. The molecular formula is C65H108O12. The summed E-state index contributed by atoms with van der Waals surface area (Å²) in [6.07, 6.45) is 55.7. The first-order valence-corrected chi connectivity index (χ1v) is 30.6. The minimum absolute atomic E-state index is 0.0411. The molecule has 1 fully saturated rings. The predicted octanol–water partition coefficient (Wildman–Crippen LogP) is 15.9. The minimum Gasteiger partial charge on any atom is -0.479 e. The van der Waals surface area contributed by atoms with E-state index in [1.54, 1.807) is 0 Å². The molecule has 1 rings (SSSR count). The molecule has 440 valence electrons. The summed E-state index contributed by atoms with van der Waals surface area (Å²) in [5, 5.41) is 31.5. The summed E-state index contributed by atoms with van der Waals surface area (Å²) < 4.78 is 28.3. The monoisotopic (exact) mass is 1080 g/mol. The molecule has 0 aliphatic carbocycles. The Morgan fingerprint density at radius 2 is 0.857 bits per heavy atom. The lowest BCUT2D eigenvalue weighted by atomic mass is 9.98. The van der Waals surface area contributed by atoms with Gasteiger partial charge in [-0.25, -0.2) is 4.79 Å². The van der Waals surface area contributed by atoms with E-state index in [-0.39, 0.29) is 25.9 Å². The Labute approximate surface area is 467 Å². The standard InChI is InChI=1S/C65H108O12/c1-4-7-10-13-16-19-22-24-26-28-29-31-32-34-37-39-42-45-48-51-57(66)73-54-56(75-58(67)52-49-46-43-41-38-35-33-30-27-25-23-20-17-14-11-8-5-2)55-74-65-63(61(70)60(69)62(77-65)64(71)72)76-59(68)53-50-47-44-40-36-21-18-15-12-9-6-3/h7,10,15-16,18-19,24,26,29,31,34,37,42,45,56,60-63,65,69-70H,4-6,8-9,11-14,17,20-23,25,27-28,30,32-33,35-36,38-41,43-44,46-55H2,1-3H3,(H,71,72)/b10-7-,18-15-,19-16-,26-24-,31-29-,37-34-,45-42-. The number of carboxylic acid groups (broad SMARTS) is 1. The minimum atomic E-state index is -1.92. The Hall–Kier alpha value is -4.10. The van der Waals surface area contributed by atoms with Crippen molar-refractivity contribution in [1.82, 2.24) is 0 Å². The van der Waals surface area contributed by atoms with Crippen LogP contribution in [0.3, 0.4) is 0 Å². The number of esters is 3. The van der Waals surface area contributed by atoms with E-state index in [4.69, 9.17) is 23.7 Å². The molecule has 1 saturated heterocycles. The van der Waals surface area contributed by atoms with E-state index >= 15 is 0 Å². The Morgan fingerprint density at radius 3 is 1.34 bits per heavy atom. The molecule has 77 heavy (non-hydrogen) atoms. The van der Waals surface area contributed by atoms with Crippen LogP contribution < -0.4 is 0 Å². The van der Waals surface area contributed by atoms with Crippen molar-refractivity contribution in [1.29, 1.82) is 0 Å². The molecule has 0 spiro atoms. The average Bonchev–Trinajstić information content (AvgIpc) is 3.42. The smallest absolute Gasteiger partial charge is 0.335 e. The number of rotatable bonds is 51. The normalized spacial score (nSPS) is 18.6. The second-order valence-corrected chi connectivity index (χ2v) is 20.6. The van der Waals surface area contributed by atoms with Gasteiger partial charge in [0, 0.05) is 19.3 Å². The van der Waals surface area contributed by atoms with Gasteiger partial charge in [-0.1, -0.05) is 241 Å². The van der Waals surface area contributed by atoms with Crippen molar-refractivity contribution >= 4 is 23.9 Å². The van der Waals surface area contributed by atoms with Crippen molar-refractivity contribution in [3.05, 3.63) is 85.1 Å². The lowest BCUT2D eigenvalue weighted by Crippen LogP contribution is -2.61. The van der Waals surface area contributed by atoms with Crippen LogP contribution in [0.2, 0.25) is 0 Å². The van der Waals surface area contributed by atoms with Crippen LogP contribution in [0, 0.1) is 0 Å². The molecule has 12 heteroatoms. The Bertz CT molecular complexity index is 1660.